The van der Waals surface area contributed by atoms with E-state index < -0.39 is 24.5 Å². The van der Waals surface area contributed by atoms with E-state index in [1.807, 2.05) is 6.07 Å². The van der Waals surface area contributed by atoms with Gasteiger partial charge in [0.25, 0.3) is 0 Å². The quantitative estimate of drug-likeness (QED) is 0.239. The maximum Gasteiger partial charge on any atom is 0.400 e. The van der Waals surface area contributed by atoms with Gasteiger partial charge in [-0.05, 0) is 24.6 Å². The summed E-state index contributed by atoms with van der Waals surface area (Å²) in [5.74, 6) is -2.84. The van der Waals surface area contributed by atoms with Crippen molar-refractivity contribution in [2.24, 2.45) is 16.8 Å². The van der Waals surface area contributed by atoms with E-state index >= 15 is 0 Å². The van der Waals surface area contributed by atoms with Crippen LogP contribution in [-0.2, 0) is 6.42 Å². The molecule has 1 aromatic rings. The fraction of sp³-hybridized carbons (Fsp3) is 0.455. The van der Waals surface area contributed by atoms with Gasteiger partial charge >= 0.3 is 6.18 Å². The number of rotatable bonds is 6. The van der Waals surface area contributed by atoms with Crippen molar-refractivity contribution in [2.75, 3.05) is 13.1 Å². The largest absolute Gasteiger partial charge is 0.409 e. The molecule has 0 saturated heterocycles. The van der Waals surface area contributed by atoms with Crippen molar-refractivity contribution < 1.29 is 18.4 Å². The summed E-state index contributed by atoms with van der Waals surface area (Å²) in [5.41, 5.74) is 5.95. The summed E-state index contributed by atoms with van der Waals surface area (Å²) in [6.45, 7) is -0.0867. The lowest BCUT2D eigenvalue weighted by molar-refractivity contribution is -0.154. The van der Waals surface area contributed by atoms with E-state index in [4.69, 9.17) is 10.9 Å². The van der Waals surface area contributed by atoms with Crippen LogP contribution >= 0.6 is 0 Å². The highest BCUT2D eigenvalue weighted by molar-refractivity contribution is 5.83. The number of hydrogen-bond acceptors (Lipinski definition) is 4. The van der Waals surface area contributed by atoms with Crippen LogP contribution in [0.4, 0.5) is 13.2 Å². The Kier molecular flexibility index (Phi) is 5.56. The zero-order valence-electron chi connectivity index (χ0n) is 10.1. The van der Waals surface area contributed by atoms with Crippen molar-refractivity contribution in [3.63, 3.8) is 0 Å². The van der Waals surface area contributed by atoms with E-state index in [1.54, 1.807) is 18.5 Å². The molecule has 1 unspecified atom stereocenters. The molecule has 5 nitrogen and oxygen atoms in total. The highest BCUT2D eigenvalue weighted by atomic mass is 19.4. The van der Waals surface area contributed by atoms with Crippen LogP contribution in [0.15, 0.2) is 29.7 Å². The molecule has 8 heteroatoms. The molecule has 1 heterocycles. The molecule has 0 aliphatic carbocycles. The number of amidine groups is 1. The molecule has 0 aliphatic heterocycles. The lowest BCUT2D eigenvalue weighted by Crippen LogP contribution is -2.43. The van der Waals surface area contributed by atoms with Gasteiger partial charge in [0.15, 0.2) is 5.84 Å². The lowest BCUT2D eigenvalue weighted by atomic mass is 10.1. The number of alkyl halides is 3. The third kappa shape index (κ3) is 5.12. The monoisotopic (exact) mass is 276 g/mol. The predicted octanol–water partition coefficient (Wildman–Crippen LogP) is 1.14. The highest BCUT2D eigenvalue weighted by Crippen LogP contribution is 2.25. The van der Waals surface area contributed by atoms with E-state index in [0.717, 1.165) is 5.56 Å². The van der Waals surface area contributed by atoms with Gasteiger partial charge in [-0.25, -0.2) is 0 Å². The first-order valence-corrected chi connectivity index (χ1v) is 5.59. The average Bonchev–Trinajstić information content (AvgIpc) is 2.37. The summed E-state index contributed by atoms with van der Waals surface area (Å²) in [7, 11) is 0. The van der Waals surface area contributed by atoms with Gasteiger partial charge in [-0.2, -0.15) is 13.2 Å². The highest BCUT2D eigenvalue weighted by Gasteiger charge is 2.42. The first-order valence-electron chi connectivity index (χ1n) is 5.59. The number of pyridine rings is 1. The van der Waals surface area contributed by atoms with Gasteiger partial charge in [0.1, 0.15) is 5.92 Å². The summed E-state index contributed by atoms with van der Waals surface area (Å²) in [6, 6.07) is 3.59. The van der Waals surface area contributed by atoms with E-state index in [1.165, 1.54) is 0 Å². The van der Waals surface area contributed by atoms with Gasteiger partial charge in [-0.15, -0.1) is 0 Å². The van der Waals surface area contributed by atoms with Crippen LogP contribution in [0.25, 0.3) is 0 Å². The summed E-state index contributed by atoms with van der Waals surface area (Å²) >= 11 is 0. The smallest absolute Gasteiger partial charge is 0.400 e. The minimum Gasteiger partial charge on any atom is -0.409 e. The second kappa shape index (κ2) is 6.93. The van der Waals surface area contributed by atoms with Crippen molar-refractivity contribution in [3.05, 3.63) is 30.1 Å². The van der Waals surface area contributed by atoms with Crippen molar-refractivity contribution in [1.82, 2.24) is 10.3 Å². The number of nitrogens with one attached hydrogen (secondary N) is 1. The Balaban J connectivity index is 2.41. The van der Waals surface area contributed by atoms with Gasteiger partial charge in [0, 0.05) is 18.9 Å². The molecule has 19 heavy (non-hydrogen) atoms. The molecular formula is C11H15F3N4O. The number of nitrogens with two attached hydrogens (primary N) is 1. The van der Waals surface area contributed by atoms with Crippen LogP contribution < -0.4 is 11.1 Å². The predicted molar refractivity (Wildman–Crippen MR) is 63.8 cm³/mol. The zero-order chi connectivity index (χ0) is 14.3. The molecule has 0 radical (unpaired) electrons. The van der Waals surface area contributed by atoms with Crippen molar-refractivity contribution in [2.45, 2.75) is 12.6 Å². The van der Waals surface area contributed by atoms with Crippen LogP contribution in [0.1, 0.15) is 5.56 Å². The van der Waals surface area contributed by atoms with Crippen molar-refractivity contribution in [1.29, 1.82) is 0 Å². The number of oxime groups is 1. The molecule has 4 N–H and O–H groups in total. The fourth-order valence-corrected chi connectivity index (χ4v) is 1.48. The van der Waals surface area contributed by atoms with Crippen LogP contribution in [0, 0.1) is 5.92 Å². The second-order valence-electron chi connectivity index (χ2n) is 3.93. The minimum atomic E-state index is -4.54. The topological polar surface area (TPSA) is 83.5 Å². The normalized spacial score (nSPS) is 14.4. The Bertz CT molecular complexity index is 408. The Hall–Kier alpha value is -1.83. The van der Waals surface area contributed by atoms with E-state index in [0.29, 0.717) is 13.0 Å². The molecule has 0 spiro atoms. The van der Waals surface area contributed by atoms with Gasteiger partial charge in [-0.1, -0.05) is 11.2 Å². The van der Waals surface area contributed by atoms with Crippen LogP contribution in [0.3, 0.4) is 0 Å². The van der Waals surface area contributed by atoms with E-state index in [9.17, 15) is 13.2 Å². The first-order chi connectivity index (χ1) is 8.95. The van der Waals surface area contributed by atoms with Gasteiger partial charge in [0.05, 0.1) is 0 Å². The molecule has 0 aromatic carbocycles. The molecule has 1 atom stereocenters. The van der Waals surface area contributed by atoms with E-state index in [2.05, 4.69) is 15.5 Å². The Morgan fingerprint density at radius 1 is 1.53 bits per heavy atom. The molecule has 0 fully saturated rings. The number of nitrogens with zero attached hydrogens (tertiary/aromatic N) is 2. The maximum absolute atomic E-state index is 12.6. The Morgan fingerprint density at radius 3 is 2.79 bits per heavy atom. The lowest BCUT2D eigenvalue weighted by Gasteiger charge is -2.19. The molecular weight excluding hydrogens is 261 g/mol. The third-order valence-corrected chi connectivity index (χ3v) is 2.53. The van der Waals surface area contributed by atoms with Crippen LogP contribution in [0.5, 0.6) is 0 Å². The molecule has 1 rings (SSSR count). The summed E-state index contributed by atoms with van der Waals surface area (Å²) in [6.07, 6.45) is -0.728. The zero-order valence-corrected chi connectivity index (χ0v) is 10.1. The number of halogens is 3. The summed E-state index contributed by atoms with van der Waals surface area (Å²) in [5, 5.41) is 13.4. The average molecular weight is 276 g/mol. The first kappa shape index (κ1) is 15.2. The Morgan fingerprint density at radius 2 is 2.26 bits per heavy atom. The molecule has 1 aromatic heterocycles. The summed E-state index contributed by atoms with van der Waals surface area (Å²) < 4.78 is 37.8. The second-order valence-corrected chi connectivity index (χ2v) is 3.93. The van der Waals surface area contributed by atoms with E-state index in [-0.39, 0.29) is 0 Å². The standard InChI is InChI=1S/C11H15F3N4O/c12-11(13,14)9(10(15)18-19)7-17-5-3-8-2-1-4-16-6-8/h1-2,4,6,9,17,19H,3,5,7H2,(H2,15,18). The molecule has 106 valence electrons. The third-order valence-electron chi connectivity index (χ3n) is 2.53. The van der Waals surface area contributed by atoms with Gasteiger partial charge in [0.2, 0.25) is 0 Å². The molecule has 0 aliphatic rings. The molecule has 0 saturated carbocycles. The summed E-state index contributed by atoms with van der Waals surface area (Å²) in [4.78, 5) is 3.90. The SMILES string of the molecule is N/C(=N/O)C(CNCCc1cccnc1)C(F)(F)F. The maximum atomic E-state index is 12.6. The molecule has 0 bridgehead atoms. The van der Waals surface area contributed by atoms with Crippen molar-refractivity contribution >= 4 is 5.84 Å². The molecule has 0 amide bonds. The van der Waals surface area contributed by atoms with Crippen LogP contribution in [0.2, 0.25) is 0 Å². The minimum absolute atomic E-state index is 0.344. The van der Waals surface area contributed by atoms with Crippen molar-refractivity contribution in [3.8, 4) is 0 Å². The number of aromatic nitrogens is 1. The van der Waals surface area contributed by atoms with Gasteiger partial charge < -0.3 is 16.3 Å². The fourth-order valence-electron chi connectivity index (χ4n) is 1.48. The number of hydrogen-bond donors (Lipinski definition) is 3. The van der Waals surface area contributed by atoms with Gasteiger partial charge in [-0.3, -0.25) is 4.98 Å². The Labute approximate surface area is 108 Å². The van der Waals surface area contributed by atoms with Crippen LogP contribution in [-0.4, -0.2) is 35.3 Å².